The van der Waals surface area contributed by atoms with Crippen molar-refractivity contribution in [2.75, 3.05) is 11.4 Å². The minimum absolute atomic E-state index is 0.110. The average molecular weight is 380 g/mol. The SMILES string of the molecule is CCN(C(=O)c1csc(-c2ccc(C)cc2)n1)c1nc2ccccc2s1. The highest BCUT2D eigenvalue weighted by molar-refractivity contribution is 7.22. The van der Waals surface area contributed by atoms with Gasteiger partial charge in [-0.25, -0.2) is 9.97 Å². The maximum atomic E-state index is 13.0. The predicted molar refractivity (Wildman–Crippen MR) is 109 cm³/mol. The van der Waals surface area contributed by atoms with Crippen LogP contribution in [0.15, 0.2) is 53.9 Å². The number of hydrogen-bond acceptors (Lipinski definition) is 5. The summed E-state index contributed by atoms with van der Waals surface area (Å²) in [5.74, 6) is -0.110. The number of rotatable bonds is 4. The molecule has 0 saturated carbocycles. The maximum absolute atomic E-state index is 13.0. The van der Waals surface area contributed by atoms with Gasteiger partial charge in [-0.3, -0.25) is 9.69 Å². The Labute approximate surface area is 159 Å². The number of hydrogen-bond donors (Lipinski definition) is 0. The Morgan fingerprint density at radius 3 is 2.58 bits per heavy atom. The molecule has 0 atom stereocenters. The molecular weight excluding hydrogens is 362 g/mol. The number of fused-ring (bicyclic) bond motifs is 1. The first-order valence-electron chi connectivity index (χ1n) is 8.35. The van der Waals surface area contributed by atoms with Crippen LogP contribution in [0.5, 0.6) is 0 Å². The number of aryl methyl sites for hydroxylation is 1. The van der Waals surface area contributed by atoms with Crippen molar-refractivity contribution in [3.63, 3.8) is 0 Å². The Hall–Kier alpha value is -2.57. The number of anilines is 1. The van der Waals surface area contributed by atoms with E-state index < -0.39 is 0 Å². The van der Waals surface area contributed by atoms with Crippen LogP contribution in [0.25, 0.3) is 20.8 Å². The van der Waals surface area contributed by atoms with Gasteiger partial charge in [-0.2, -0.15) is 0 Å². The second-order valence-corrected chi connectivity index (χ2v) is 7.78. The lowest BCUT2D eigenvalue weighted by atomic mass is 10.2. The lowest BCUT2D eigenvalue weighted by Gasteiger charge is -2.16. The molecule has 1 amide bonds. The molecule has 130 valence electrons. The van der Waals surface area contributed by atoms with Crippen molar-refractivity contribution in [2.45, 2.75) is 13.8 Å². The summed E-state index contributed by atoms with van der Waals surface area (Å²) in [7, 11) is 0. The summed E-state index contributed by atoms with van der Waals surface area (Å²) < 4.78 is 1.08. The normalized spacial score (nSPS) is 11.0. The first kappa shape index (κ1) is 16.9. The van der Waals surface area contributed by atoms with Crippen molar-refractivity contribution in [3.8, 4) is 10.6 Å². The monoisotopic (exact) mass is 379 g/mol. The van der Waals surface area contributed by atoms with Gasteiger partial charge in [0.05, 0.1) is 10.2 Å². The van der Waals surface area contributed by atoms with E-state index in [1.54, 1.807) is 4.90 Å². The number of carbonyl (C=O) groups excluding carboxylic acids is 1. The van der Waals surface area contributed by atoms with E-state index in [1.807, 2.05) is 48.7 Å². The second kappa shape index (κ2) is 6.97. The Kier molecular flexibility index (Phi) is 4.53. The summed E-state index contributed by atoms with van der Waals surface area (Å²) in [6.07, 6.45) is 0. The quantitative estimate of drug-likeness (QED) is 0.477. The van der Waals surface area contributed by atoms with E-state index in [0.29, 0.717) is 17.4 Å². The summed E-state index contributed by atoms with van der Waals surface area (Å²) >= 11 is 3.02. The Morgan fingerprint density at radius 1 is 1.08 bits per heavy atom. The van der Waals surface area contributed by atoms with E-state index in [2.05, 4.69) is 29.0 Å². The van der Waals surface area contributed by atoms with Gasteiger partial charge in [0, 0.05) is 17.5 Å². The molecule has 2 aromatic carbocycles. The molecule has 0 spiro atoms. The summed E-state index contributed by atoms with van der Waals surface area (Å²) in [4.78, 5) is 23.8. The lowest BCUT2D eigenvalue weighted by Crippen LogP contribution is -2.30. The van der Waals surface area contributed by atoms with Gasteiger partial charge >= 0.3 is 0 Å². The summed E-state index contributed by atoms with van der Waals surface area (Å²) in [6.45, 7) is 4.56. The molecule has 4 aromatic rings. The predicted octanol–water partition coefficient (Wildman–Crippen LogP) is 5.39. The molecule has 0 aliphatic rings. The van der Waals surface area contributed by atoms with E-state index >= 15 is 0 Å². The van der Waals surface area contributed by atoms with Crippen LogP contribution in [0, 0.1) is 6.92 Å². The first-order valence-corrected chi connectivity index (χ1v) is 10.1. The van der Waals surface area contributed by atoms with Crippen molar-refractivity contribution in [1.29, 1.82) is 0 Å². The Balaban J connectivity index is 1.64. The number of nitrogens with zero attached hydrogens (tertiary/aromatic N) is 3. The van der Waals surface area contributed by atoms with Crippen LogP contribution in [0.3, 0.4) is 0 Å². The first-order chi connectivity index (χ1) is 12.7. The molecule has 0 bridgehead atoms. The standard InChI is InChI=1S/C20H17N3OS2/c1-3-23(20-22-15-6-4-5-7-17(15)26-20)19(24)16-12-25-18(21-16)14-10-8-13(2)9-11-14/h4-12H,3H2,1-2H3. The number of carbonyl (C=O) groups is 1. The van der Waals surface area contributed by atoms with Crippen LogP contribution in [0.1, 0.15) is 23.0 Å². The minimum Gasteiger partial charge on any atom is -0.283 e. The highest BCUT2D eigenvalue weighted by Crippen LogP contribution is 2.30. The molecular formula is C20H17N3OS2. The van der Waals surface area contributed by atoms with Crippen molar-refractivity contribution >= 4 is 43.9 Å². The molecule has 0 N–H and O–H groups in total. The summed E-state index contributed by atoms with van der Waals surface area (Å²) in [5.41, 5.74) is 3.61. The fourth-order valence-corrected chi connectivity index (χ4v) is 4.51. The van der Waals surface area contributed by atoms with Gasteiger partial charge in [0.15, 0.2) is 5.13 Å². The molecule has 4 nitrogen and oxygen atoms in total. The van der Waals surface area contributed by atoms with E-state index in [9.17, 15) is 4.79 Å². The fourth-order valence-electron chi connectivity index (χ4n) is 2.68. The highest BCUT2D eigenvalue weighted by atomic mass is 32.1. The van der Waals surface area contributed by atoms with Crippen LogP contribution in [0.4, 0.5) is 5.13 Å². The smallest absolute Gasteiger partial charge is 0.279 e. The van der Waals surface area contributed by atoms with E-state index in [-0.39, 0.29) is 5.91 Å². The molecule has 2 aromatic heterocycles. The van der Waals surface area contributed by atoms with Crippen molar-refractivity contribution in [1.82, 2.24) is 9.97 Å². The van der Waals surface area contributed by atoms with Crippen molar-refractivity contribution in [3.05, 3.63) is 65.2 Å². The Bertz CT molecular complexity index is 1030. The number of aromatic nitrogens is 2. The number of benzene rings is 2. The lowest BCUT2D eigenvalue weighted by molar-refractivity contribution is 0.0984. The topological polar surface area (TPSA) is 46.1 Å². The molecule has 0 radical (unpaired) electrons. The van der Waals surface area contributed by atoms with Gasteiger partial charge in [0.2, 0.25) is 0 Å². The zero-order valence-corrected chi connectivity index (χ0v) is 16.1. The van der Waals surface area contributed by atoms with Crippen molar-refractivity contribution < 1.29 is 4.79 Å². The number of para-hydroxylation sites is 1. The Morgan fingerprint density at radius 2 is 1.85 bits per heavy atom. The maximum Gasteiger partial charge on any atom is 0.279 e. The zero-order chi connectivity index (χ0) is 18.1. The number of amides is 1. The molecule has 0 unspecified atom stereocenters. The molecule has 2 heterocycles. The van der Waals surface area contributed by atoms with Gasteiger partial charge in [-0.05, 0) is 26.0 Å². The van der Waals surface area contributed by atoms with Crippen LogP contribution in [-0.4, -0.2) is 22.4 Å². The molecule has 26 heavy (non-hydrogen) atoms. The molecule has 0 aliphatic carbocycles. The molecule has 4 rings (SSSR count). The zero-order valence-electron chi connectivity index (χ0n) is 14.5. The molecule has 0 aliphatic heterocycles. The third kappa shape index (κ3) is 3.13. The molecule has 0 fully saturated rings. The van der Waals surface area contributed by atoms with Crippen LogP contribution in [0.2, 0.25) is 0 Å². The third-order valence-electron chi connectivity index (χ3n) is 4.10. The second-order valence-electron chi connectivity index (χ2n) is 5.92. The van der Waals surface area contributed by atoms with E-state index in [1.165, 1.54) is 28.2 Å². The molecule has 0 saturated heterocycles. The van der Waals surface area contributed by atoms with E-state index in [0.717, 1.165) is 20.8 Å². The molecule has 6 heteroatoms. The van der Waals surface area contributed by atoms with Crippen LogP contribution < -0.4 is 4.90 Å². The largest absolute Gasteiger partial charge is 0.283 e. The average Bonchev–Trinajstić information content (AvgIpc) is 3.30. The summed E-state index contributed by atoms with van der Waals surface area (Å²) in [5, 5.41) is 3.39. The minimum atomic E-state index is -0.110. The van der Waals surface area contributed by atoms with Gasteiger partial charge in [-0.15, -0.1) is 11.3 Å². The third-order valence-corrected chi connectivity index (χ3v) is 6.05. The van der Waals surface area contributed by atoms with Crippen LogP contribution >= 0.6 is 22.7 Å². The summed E-state index contributed by atoms with van der Waals surface area (Å²) in [6, 6.07) is 16.1. The van der Waals surface area contributed by atoms with E-state index in [4.69, 9.17) is 0 Å². The van der Waals surface area contributed by atoms with Crippen molar-refractivity contribution in [2.24, 2.45) is 0 Å². The van der Waals surface area contributed by atoms with Gasteiger partial charge in [-0.1, -0.05) is 53.3 Å². The van der Waals surface area contributed by atoms with Gasteiger partial charge < -0.3 is 0 Å². The highest BCUT2D eigenvalue weighted by Gasteiger charge is 2.22. The van der Waals surface area contributed by atoms with Gasteiger partial charge in [0.1, 0.15) is 10.7 Å². The fraction of sp³-hybridized carbons (Fsp3) is 0.150. The van der Waals surface area contributed by atoms with Crippen LogP contribution in [-0.2, 0) is 0 Å². The van der Waals surface area contributed by atoms with Gasteiger partial charge in [0.25, 0.3) is 5.91 Å². The number of thiazole rings is 2.